The summed E-state index contributed by atoms with van der Waals surface area (Å²) in [6.07, 6.45) is 4.60. The molecule has 8 nitrogen and oxygen atoms in total. The molecule has 2 amide bonds. The smallest absolute Gasteiger partial charge is 0.313 e. The molecule has 1 aliphatic heterocycles. The normalized spacial score (nSPS) is 19.0. The Bertz CT molecular complexity index is 866. The molecule has 2 aromatic heterocycles. The Hall–Kier alpha value is -3.21. The van der Waals surface area contributed by atoms with Gasteiger partial charge in [-0.05, 0) is 25.0 Å². The maximum absolute atomic E-state index is 12.4. The lowest BCUT2D eigenvalue weighted by Crippen LogP contribution is -2.57. The number of nitrogens with zero attached hydrogens (tertiary/aromatic N) is 5. The van der Waals surface area contributed by atoms with E-state index in [0.29, 0.717) is 37.4 Å². The van der Waals surface area contributed by atoms with Crippen LogP contribution < -0.4 is 0 Å². The Kier molecular flexibility index (Phi) is 3.50. The molecule has 8 heteroatoms. The predicted octanol–water partition coefficient (Wildman–Crippen LogP) is 0.964. The second kappa shape index (κ2) is 5.70. The molecule has 2 aliphatic rings. The number of amides is 2. The Labute approximate surface area is 143 Å². The first-order valence-electron chi connectivity index (χ1n) is 8.01. The summed E-state index contributed by atoms with van der Waals surface area (Å²) in [5.41, 5.74) is 0.591. The molecule has 2 fully saturated rings. The number of piperazine rings is 1. The minimum absolute atomic E-state index is 0.196. The number of rotatable bonds is 4. The van der Waals surface area contributed by atoms with Gasteiger partial charge in [0.2, 0.25) is 0 Å². The van der Waals surface area contributed by atoms with E-state index < -0.39 is 17.4 Å². The number of hydrogen-bond acceptors (Lipinski definition) is 6. The number of aromatic nitrogens is 2. The summed E-state index contributed by atoms with van der Waals surface area (Å²) >= 11 is 0. The maximum Gasteiger partial charge on any atom is 0.313 e. The molecular formula is C17H15N5O3. The number of nitriles is 1. The van der Waals surface area contributed by atoms with E-state index in [-0.39, 0.29) is 6.54 Å². The summed E-state index contributed by atoms with van der Waals surface area (Å²) < 4.78 is 5.29. The third-order valence-electron chi connectivity index (χ3n) is 4.62. The van der Waals surface area contributed by atoms with E-state index in [2.05, 4.69) is 16.2 Å². The van der Waals surface area contributed by atoms with Crippen LogP contribution in [0.15, 0.2) is 35.1 Å². The molecule has 1 aliphatic carbocycles. The van der Waals surface area contributed by atoms with Crippen molar-refractivity contribution in [3.63, 3.8) is 0 Å². The summed E-state index contributed by atoms with van der Waals surface area (Å²) in [6, 6.07) is 7.54. The van der Waals surface area contributed by atoms with Crippen LogP contribution in [0.4, 0.5) is 0 Å². The van der Waals surface area contributed by atoms with Crippen LogP contribution in [0.25, 0.3) is 11.3 Å². The predicted molar refractivity (Wildman–Crippen MR) is 84.4 cm³/mol. The van der Waals surface area contributed by atoms with E-state index >= 15 is 0 Å². The fourth-order valence-corrected chi connectivity index (χ4v) is 3.02. The SMILES string of the molecule is N#CC1(N2CCN(Cc3cc(-c4cccnc4)on3)C(=O)C2=O)CC1. The summed E-state index contributed by atoms with van der Waals surface area (Å²) in [4.78, 5) is 31.6. The zero-order valence-electron chi connectivity index (χ0n) is 13.4. The minimum atomic E-state index is -0.764. The Morgan fingerprint density at radius 2 is 2.12 bits per heavy atom. The van der Waals surface area contributed by atoms with Gasteiger partial charge in [-0.1, -0.05) is 5.16 Å². The summed E-state index contributed by atoms with van der Waals surface area (Å²) in [5, 5.41) is 13.2. The average molecular weight is 337 g/mol. The fourth-order valence-electron chi connectivity index (χ4n) is 3.02. The third-order valence-corrected chi connectivity index (χ3v) is 4.62. The van der Waals surface area contributed by atoms with E-state index in [1.807, 2.05) is 6.07 Å². The molecule has 3 heterocycles. The van der Waals surface area contributed by atoms with Crippen molar-refractivity contribution in [2.24, 2.45) is 0 Å². The van der Waals surface area contributed by atoms with Gasteiger partial charge in [-0.2, -0.15) is 5.26 Å². The van der Waals surface area contributed by atoms with Crippen molar-refractivity contribution < 1.29 is 14.1 Å². The van der Waals surface area contributed by atoms with Crippen molar-refractivity contribution >= 4 is 11.8 Å². The van der Waals surface area contributed by atoms with Crippen LogP contribution in [-0.2, 0) is 16.1 Å². The number of hydrogen-bond donors (Lipinski definition) is 0. The molecule has 1 saturated carbocycles. The van der Waals surface area contributed by atoms with E-state index in [9.17, 15) is 14.9 Å². The lowest BCUT2D eigenvalue weighted by Gasteiger charge is -2.35. The standard InChI is InChI=1S/C17H15N5O3/c18-11-17(3-4-17)22-7-6-21(15(23)16(22)24)10-13-8-14(25-20-13)12-2-1-5-19-9-12/h1-2,5,8-9H,3-4,6-7,10H2. The molecule has 2 aromatic rings. The molecule has 0 unspecified atom stereocenters. The molecule has 25 heavy (non-hydrogen) atoms. The van der Waals surface area contributed by atoms with Crippen LogP contribution in [0.3, 0.4) is 0 Å². The molecule has 0 bridgehead atoms. The number of pyridine rings is 1. The van der Waals surface area contributed by atoms with Crippen LogP contribution in [0.2, 0.25) is 0 Å². The zero-order valence-corrected chi connectivity index (χ0v) is 13.4. The molecule has 4 rings (SSSR count). The minimum Gasteiger partial charge on any atom is -0.356 e. The van der Waals surface area contributed by atoms with Crippen molar-refractivity contribution in [2.75, 3.05) is 13.1 Å². The van der Waals surface area contributed by atoms with E-state index in [1.165, 1.54) is 9.80 Å². The highest BCUT2D eigenvalue weighted by Crippen LogP contribution is 2.41. The summed E-state index contributed by atoms with van der Waals surface area (Å²) in [5.74, 6) is -0.651. The second-order valence-corrected chi connectivity index (χ2v) is 6.25. The van der Waals surface area contributed by atoms with Crippen LogP contribution in [0.1, 0.15) is 18.5 Å². The van der Waals surface area contributed by atoms with Gasteiger partial charge in [-0.25, -0.2) is 0 Å². The molecule has 0 N–H and O–H groups in total. The van der Waals surface area contributed by atoms with Gasteiger partial charge in [0.1, 0.15) is 11.2 Å². The fraction of sp³-hybridized carbons (Fsp3) is 0.353. The van der Waals surface area contributed by atoms with Crippen molar-refractivity contribution in [2.45, 2.75) is 24.9 Å². The quantitative estimate of drug-likeness (QED) is 0.770. The van der Waals surface area contributed by atoms with Crippen LogP contribution in [-0.4, -0.2) is 50.4 Å². The Morgan fingerprint density at radius 3 is 2.80 bits per heavy atom. The Balaban J connectivity index is 1.46. The first-order chi connectivity index (χ1) is 12.1. The molecule has 126 valence electrons. The van der Waals surface area contributed by atoms with Crippen molar-refractivity contribution in [3.8, 4) is 17.4 Å². The van der Waals surface area contributed by atoms with Gasteiger partial charge >= 0.3 is 11.8 Å². The van der Waals surface area contributed by atoms with Crippen LogP contribution in [0.5, 0.6) is 0 Å². The molecular weight excluding hydrogens is 322 g/mol. The summed E-state index contributed by atoms with van der Waals surface area (Å²) in [6.45, 7) is 0.941. The maximum atomic E-state index is 12.4. The number of carbonyl (C=O) groups excluding carboxylic acids is 2. The second-order valence-electron chi connectivity index (χ2n) is 6.25. The van der Waals surface area contributed by atoms with E-state index in [1.54, 1.807) is 24.5 Å². The Morgan fingerprint density at radius 1 is 1.28 bits per heavy atom. The van der Waals surface area contributed by atoms with Gasteiger partial charge in [-0.3, -0.25) is 14.6 Å². The van der Waals surface area contributed by atoms with Gasteiger partial charge in [0, 0.05) is 37.1 Å². The van der Waals surface area contributed by atoms with Gasteiger partial charge < -0.3 is 14.3 Å². The van der Waals surface area contributed by atoms with Gasteiger partial charge in [-0.15, -0.1) is 0 Å². The molecule has 0 spiro atoms. The highest BCUT2D eigenvalue weighted by Gasteiger charge is 2.54. The largest absolute Gasteiger partial charge is 0.356 e. The summed E-state index contributed by atoms with van der Waals surface area (Å²) in [7, 11) is 0. The van der Waals surface area contributed by atoms with E-state index in [0.717, 1.165) is 5.56 Å². The van der Waals surface area contributed by atoms with Crippen LogP contribution >= 0.6 is 0 Å². The molecule has 0 radical (unpaired) electrons. The van der Waals surface area contributed by atoms with Crippen molar-refractivity contribution in [3.05, 3.63) is 36.3 Å². The third kappa shape index (κ3) is 2.63. The van der Waals surface area contributed by atoms with E-state index in [4.69, 9.17) is 4.52 Å². The zero-order chi connectivity index (χ0) is 17.4. The monoisotopic (exact) mass is 337 g/mol. The molecule has 0 aromatic carbocycles. The highest BCUT2D eigenvalue weighted by atomic mass is 16.5. The van der Waals surface area contributed by atoms with Gasteiger partial charge in [0.05, 0.1) is 12.6 Å². The van der Waals surface area contributed by atoms with Crippen molar-refractivity contribution in [1.82, 2.24) is 19.9 Å². The first kappa shape index (κ1) is 15.3. The van der Waals surface area contributed by atoms with Gasteiger partial charge in [0.15, 0.2) is 5.76 Å². The highest BCUT2D eigenvalue weighted by molar-refractivity contribution is 6.35. The average Bonchev–Trinajstić information content (AvgIpc) is 3.30. The lowest BCUT2D eigenvalue weighted by atomic mass is 10.1. The first-order valence-corrected chi connectivity index (χ1v) is 8.01. The van der Waals surface area contributed by atoms with Crippen LogP contribution in [0, 0.1) is 11.3 Å². The number of carbonyl (C=O) groups is 2. The molecule has 1 saturated heterocycles. The van der Waals surface area contributed by atoms with Crippen molar-refractivity contribution in [1.29, 1.82) is 5.26 Å². The molecule has 0 atom stereocenters. The lowest BCUT2D eigenvalue weighted by molar-refractivity contribution is -0.158. The van der Waals surface area contributed by atoms with Gasteiger partial charge in [0.25, 0.3) is 0 Å². The topological polar surface area (TPSA) is 103 Å².